The van der Waals surface area contributed by atoms with Gasteiger partial charge in [-0.05, 0) is 11.8 Å². The minimum absolute atomic E-state index is 0.707. The van der Waals surface area contributed by atoms with Crippen LogP contribution in [-0.2, 0) is 0 Å². The Morgan fingerprint density at radius 2 is 2.40 bits per heavy atom. The zero-order valence-corrected chi connectivity index (χ0v) is 7.25. The third kappa shape index (κ3) is 2.20. The minimum atomic E-state index is 0.707. The molecule has 1 aromatic rings. The van der Waals surface area contributed by atoms with E-state index in [1.807, 2.05) is 12.3 Å². The Kier molecular flexibility index (Phi) is 3.03. The Morgan fingerprint density at radius 3 is 3.00 bits per heavy atom. The fourth-order valence-corrected chi connectivity index (χ4v) is 1.56. The third-order valence-electron chi connectivity index (χ3n) is 0.991. The van der Waals surface area contributed by atoms with Gasteiger partial charge < -0.3 is 0 Å². The van der Waals surface area contributed by atoms with Crippen LogP contribution in [0.2, 0.25) is 5.02 Å². The number of rotatable bonds is 2. The zero-order valence-electron chi connectivity index (χ0n) is 5.67. The molecule has 1 aromatic heterocycles. The van der Waals surface area contributed by atoms with E-state index < -0.39 is 0 Å². The average molecular weight is 174 g/mol. The summed E-state index contributed by atoms with van der Waals surface area (Å²) in [6, 6.07) is 1.92. The molecule has 0 saturated carbocycles. The van der Waals surface area contributed by atoms with Crippen molar-refractivity contribution < 1.29 is 0 Å². The van der Waals surface area contributed by atoms with Crippen molar-refractivity contribution in [3.63, 3.8) is 0 Å². The molecule has 0 atom stereocenters. The predicted molar refractivity (Wildman–Crippen MR) is 45.6 cm³/mol. The Balaban J connectivity index is 2.75. The summed E-state index contributed by atoms with van der Waals surface area (Å²) in [5.74, 6) is 1.06. The first-order valence-electron chi connectivity index (χ1n) is 3.06. The average Bonchev–Trinajstić information content (AvgIpc) is 1.88. The molecule has 0 aliphatic rings. The van der Waals surface area contributed by atoms with Crippen LogP contribution in [0.3, 0.4) is 0 Å². The second kappa shape index (κ2) is 3.84. The molecule has 0 bridgehead atoms. The quantitative estimate of drug-likeness (QED) is 0.638. The molecule has 0 radical (unpaired) electrons. The second-order valence-electron chi connectivity index (χ2n) is 1.77. The monoisotopic (exact) mass is 173 g/mol. The number of pyridine rings is 1. The summed E-state index contributed by atoms with van der Waals surface area (Å²) >= 11 is 7.45. The van der Waals surface area contributed by atoms with E-state index in [4.69, 9.17) is 11.6 Å². The molecule has 1 heterocycles. The summed E-state index contributed by atoms with van der Waals surface area (Å²) < 4.78 is 0. The van der Waals surface area contributed by atoms with Crippen molar-refractivity contribution in [3.05, 3.63) is 23.5 Å². The van der Waals surface area contributed by atoms with Crippen molar-refractivity contribution in [3.8, 4) is 0 Å². The van der Waals surface area contributed by atoms with Gasteiger partial charge in [0, 0.05) is 17.3 Å². The van der Waals surface area contributed by atoms with Gasteiger partial charge in [-0.2, -0.15) is 0 Å². The normalized spacial score (nSPS) is 9.80. The lowest BCUT2D eigenvalue weighted by Gasteiger charge is -1.95. The van der Waals surface area contributed by atoms with Gasteiger partial charge >= 0.3 is 0 Å². The fourth-order valence-electron chi connectivity index (χ4n) is 0.638. The first kappa shape index (κ1) is 7.89. The highest BCUT2D eigenvalue weighted by molar-refractivity contribution is 7.99. The van der Waals surface area contributed by atoms with Crippen molar-refractivity contribution in [2.75, 3.05) is 5.75 Å². The Bertz CT molecular complexity index is 215. The maximum absolute atomic E-state index is 5.70. The van der Waals surface area contributed by atoms with Crippen LogP contribution in [0.15, 0.2) is 23.4 Å². The van der Waals surface area contributed by atoms with Gasteiger partial charge in [0.15, 0.2) is 0 Å². The van der Waals surface area contributed by atoms with Gasteiger partial charge in [0.1, 0.15) is 0 Å². The van der Waals surface area contributed by atoms with Gasteiger partial charge in [0.2, 0.25) is 0 Å². The SMILES string of the molecule is CCSc1cncc(Cl)c1. The summed E-state index contributed by atoms with van der Waals surface area (Å²) in [4.78, 5) is 5.08. The van der Waals surface area contributed by atoms with Crippen LogP contribution < -0.4 is 0 Å². The van der Waals surface area contributed by atoms with Crippen LogP contribution in [0.4, 0.5) is 0 Å². The first-order chi connectivity index (χ1) is 4.83. The lowest BCUT2D eigenvalue weighted by Crippen LogP contribution is -1.75. The van der Waals surface area contributed by atoms with Gasteiger partial charge in [0.25, 0.3) is 0 Å². The van der Waals surface area contributed by atoms with E-state index in [0.29, 0.717) is 5.02 Å². The molecule has 10 heavy (non-hydrogen) atoms. The molecule has 0 aromatic carbocycles. The van der Waals surface area contributed by atoms with E-state index in [9.17, 15) is 0 Å². The van der Waals surface area contributed by atoms with Crippen molar-refractivity contribution in [2.45, 2.75) is 11.8 Å². The molecule has 0 amide bonds. The molecular weight excluding hydrogens is 166 g/mol. The van der Waals surface area contributed by atoms with Gasteiger partial charge in [-0.25, -0.2) is 0 Å². The minimum Gasteiger partial charge on any atom is -0.262 e. The summed E-state index contributed by atoms with van der Waals surface area (Å²) in [6.07, 6.45) is 3.46. The number of hydrogen-bond donors (Lipinski definition) is 0. The van der Waals surface area contributed by atoms with E-state index >= 15 is 0 Å². The fraction of sp³-hybridized carbons (Fsp3) is 0.286. The van der Waals surface area contributed by atoms with Crippen molar-refractivity contribution in [2.24, 2.45) is 0 Å². The maximum Gasteiger partial charge on any atom is 0.0600 e. The van der Waals surface area contributed by atoms with Crippen LogP contribution in [0.5, 0.6) is 0 Å². The number of aromatic nitrogens is 1. The molecule has 54 valence electrons. The molecule has 0 N–H and O–H groups in total. The molecule has 0 unspecified atom stereocenters. The molecular formula is C7H8ClNS. The Morgan fingerprint density at radius 1 is 1.60 bits per heavy atom. The second-order valence-corrected chi connectivity index (χ2v) is 3.55. The molecule has 0 fully saturated rings. The van der Waals surface area contributed by atoms with E-state index in [-0.39, 0.29) is 0 Å². The van der Waals surface area contributed by atoms with Crippen LogP contribution in [0, 0.1) is 0 Å². The standard InChI is InChI=1S/C7H8ClNS/c1-2-10-7-3-6(8)4-9-5-7/h3-5H,2H2,1H3. The highest BCUT2D eigenvalue weighted by atomic mass is 35.5. The lowest BCUT2D eigenvalue weighted by molar-refractivity contribution is 1.24. The molecule has 0 aliphatic heterocycles. The number of hydrogen-bond acceptors (Lipinski definition) is 2. The predicted octanol–water partition coefficient (Wildman–Crippen LogP) is 2.85. The highest BCUT2D eigenvalue weighted by Gasteiger charge is 1.91. The van der Waals surface area contributed by atoms with Crippen LogP contribution in [0.25, 0.3) is 0 Å². The third-order valence-corrected chi connectivity index (χ3v) is 2.04. The molecule has 0 aliphatic carbocycles. The maximum atomic E-state index is 5.70. The molecule has 3 heteroatoms. The van der Waals surface area contributed by atoms with E-state index in [1.54, 1.807) is 18.0 Å². The number of thioether (sulfide) groups is 1. The Labute approximate surface area is 69.8 Å². The largest absolute Gasteiger partial charge is 0.262 e. The molecule has 0 saturated heterocycles. The van der Waals surface area contributed by atoms with Crippen molar-refractivity contribution >= 4 is 23.4 Å². The first-order valence-corrected chi connectivity index (χ1v) is 4.42. The van der Waals surface area contributed by atoms with Gasteiger partial charge in [-0.3, -0.25) is 4.98 Å². The molecule has 1 rings (SSSR count). The lowest BCUT2D eigenvalue weighted by atomic mass is 10.5. The number of nitrogens with zero attached hydrogens (tertiary/aromatic N) is 1. The zero-order chi connectivity index (χ0) is 7.40. The van der Waals surface area contributed by atoms with E-state index in [0.717, 1.165) is 10.6 Å². The van der Waals surface area contributed by atoms with Crippen molar-refractivity contribution in [1.82, 2.24) is 4.98 Å². The van der Waals surface area contributed by atoms with Crippen molar-refractivity contribution in [1.29, 1.82) is 0 Å². The van der Waals surface area contributed by atoms with Crippen LogP contribution >= 0.6 is 23.4 Å². The molecule has 0 spiro atoms. The Hall–Kier alpha value is -0.210. The highest BCUT2D eigenvalue weighted by Crippen LogP contribution is 2.19. The summed E-state index contributed by atoms with van der Waals surface area (Å²) in [6.45, 7) is 2.10. The van der Waals surface area contributed by atoms with Crippen LogP contribution in [0.1, 0.15) is 6.92 Å². The smallest absolute Gasteiger partial charge is 0.0600 e. The summed E-state index contributed by atoms with van der Waals surface area (Å²) in [5.41, 5.74) is 0. The van der Waals surface area contributed by atoms with Crippen LogP contribution in [-0.4, -0.2) is 10.7 Å². The topological polar surface area (TPSA) is 12.9 Å². The van der Waals surface area contributed by atoms with E-state index in [1.165, 1.54) is 0 Å². The summed E-state index contributed by atoms with van der Waals surface area (Å²) in [7, 11) is 0. The van der Waals surface area contributed by atoms with Gasteiger partial charge in [0.05, 0.1) is 5.02 Å². The van der Waals surface area contributed by atoms with Gasteiger partial charge in [-0.15, -0.1) is 11.8 Å². The number of halogens is 1. The molecule has 1 nitrogen and oxygen atoms in total. The van der Waals surface area contributed by atoms with Gasteiger partial charge in [-0.1, -0.05) is 18.5 Å². The summed E-state index contributed by atoms with van der Waals surface area (Å²) in [5, 5.41) is 0.707. The van der Waals surface area contributed by atoms with E-state index in [2.05, 4.69) is 11.9 Å².